The van der Waals surface area contributed by atoms with E-state index < -0.39 is 0 Å². The minimum absolute atomic E-state index is 0.348. The van der Waals surface area contributed by atoms with Crippen molar-refractivity contribution in [1.29, 1.82) is 0 Å². The summed E-state index contributed by atoms with van der Waals surface area (Å²) in [5.74, 6) is 0. The number of nitrogens with one attached hydrogen (secondary N) is 1. The fourth-order valence-corrected chi connectivity index (χ4v) is 1.65. The SMILES string of the molecule is CNC(C)[C@H]1CN(C(C)C)CCO1. The van der Waals surface area contributed by atoms with Crippen molar-refractivity contribution in [3.8, 4) is 0 Å². The molecule has 1 heterocycles. The van der Waals surface area contributed by atoms with Gasteiger partial charge in [0.15, 0.2) is 0 Å². The van der Waals surface area contributed by atoms with Gasteiger partial charge >= 0.3 is 0 Å². The van der Waals surface area contributed by atoms with E-state index in [1.807, 2.05) is 7.05 Å². The molecule has 0 amide bonds. The van der Waals surface area contributed by atoms with Crippen LogP contribution in [0.25, 0.3) is 0 Å². The smallest absolute Gasteiger partial charge is 0.0852 e. The lowest BCUT2D eigenvalue weighted by molar-refractivity contribution is -0.0514. The van der Waals surface area contributed by atoms with Crippen LogP contribution in [0.15, 0.2) is 0 Å². The van der Waals surface area contributed by atoms with Crippen molar-refractivity contribution in [1.82, 2.24) is 10.2 Å². The van der Waals surface area contributed by atoms with Crippen LogP contribution in [-0.2, 0) is 4.74 Å². The first-order valence-electron chi connectivity index (χ1n) is 5.18. The first-order valence-corrected chi connectivity index (χ1v) is 5.18. The Hall–Kier alpha value is -0.120. The lowest BCUT2D eigenvalue weighted by Crippen LogP contribution is -2.52. The Bertz CT molecular complexity index is 150. The number of morpholine rings is 1. The summed E-state index contributed by atoms with van der Waals surface area (Å²) in [4.78, 5) is 2.47. The third-order valence-corrected chi connectivity index (χ3v) is 2.87. The molecule has 0 aliphatic carbocycles. The van der Waals surface area contributed by atoms with E-state index in [-0.39, 0.29) is 0 Å². The molecule has 0 aromatic rings. The van der Waals surface area contributed by atoms with Crippen molar-refractivity contribution in [3.05, 3.63) is 0 Å². The highest BCUT2D eigenvalue weighted by molar-refractivity contribution is 4.80. The predicted molar refractivity (Wildman–Crippen MR) is 55.0 cm³/mol. The van der Waals surface area contributed by atoms with E-state index in [0.717, 1.165) is 19.7 Å². The van der Waals surface area contributed by atoms with Crippen molar-refractivity contribution < 1.29 is 4.74 Å². The maximum absolute atomic E-state index is 5.71. The molecule has 0 aromatic heterocycles. The zero-order valence-corrected chi connectivity index (χ0v) is 9.21. The Morgan fingerprint density at radius 2 is 2.08 bits per heavy atom. The summed E-state index contributed by atoms with van der Waals surface area (Å²) in [7, 11) is 1.99. The molecule has 0 bridgehead atoms. The van der Waals surface area contributed by atoms with Crippen LogP contribution in [0.3, 0.4) is 0 Å². The molecule has 1 saturated heterocycles. The molecule has 0 saturated carbocycles. The number of ether oxygens (including phenoxy) is 1. The largest absolute Gasteiger partial charge is 0.374 e. The van der Waals surface area contributed by atoms with Gasteiger partial charge in [0, 0.05) is 25.2 Å². The molecular weight excluding hydrogens is 164 g/mol. The molecule has 3 nitrogen and oxygen atoms in total. The van der Waals surface area contributed by atoms with Gasteiger partial charge in [-0.2, -0.15) is 0 Å². The predicted octanol–water partition coefficient (Wildman–Crippen LogP) is 0.703. The molecule has 0 radical (unpaired) electrons. The summed E-state index contributed by atoms with van der Waals surface area (Å²) in [5.41, 5.74) is 0. The summed E-state index contributed by atoms with van der Waals surface area (Å²) in [6.07, 6.45) is 0.348. The highest BCUT2D eigenvalue weighted by Gasteiger charge is 2.25. The van der Waals surface area contributed by atoms with Crippen LogP contribution in [-0.4, -0.2) is 49.8 Å². The zero-order chi connectivity index (χ0) is 9.84. The van der Waals surface area contributed by atoms with Gasteiger partial charge in [-0.15, -0.1) is 0 Å². The molecule has 3 heteroatoms. The maximum atomic E-state index is 5.71. The molecular formula is C10H22N2O. The van der Waals surface area contributed by atoms with E-state index in [1.54, 1.807) is 0 Å². The first-order chi connectivity index (χ1) is 6.15. The zero-order valence-electron chi connectivity index (χ0n) is 9.21. The van der Waals surface area contributed by atoms with Gasteiger partial charge in [0.25, 0.3) is 0 Å². The molecule has 78 valence electrons. The molecule has 1 fully saturated rings. The summed E-state index contributed by atoms with van der Waals surface area (Å²) >= 11 is 0. The van der Waals surface area contributed by atoms with Gasteiger partial charge in [0.1, 0.15) is 0 Å². The third kappa shape index (κ3) is 2.93. The van der Waals surface area contributed by atoms with Gasteiger partial charge in [-0.25, -0.2) is 0 Å². The van der Waals surface area contributed by atoms with E-state index in [4.69, 9.17) is 4.74 Å². The van der Waals surface area contributed by atoms with Crippen molar-refractivity contribution in [2.45, 2.75) is 39.0 Å². The summed E-state index contributed by atoms with van der Waals surface area (Å²) in [6.45, 7) is 9.66. The molecule has 1 aliphatic heterocycles. The van der Waals surface area contributed by atoms with Gasteiger partial charge in [-0.05, 0) is 27.8 Å². The Labute approximate surface area is 81.4 Å². The van der Waals surface area contributed by atoms with Crippen molar-refractivity contribution in [2.24, 2.45) is 0 Å². The fourth-order valence-electron chi connectivity index (χ4n) is 1.65. The van der Waals surface area contributed by atoms with Gasteiger partial charge in [0.2, 0.25) is 0 Å². The molecule has 0 spiro atoms. The van der Waals surface area contributed by atoms with Crippen molar-refractivity contribution in [2.75, 3.05) is 26.7 Å². The monoisotopic (exact) mass is 186 g/mol. The lowest BCUT2D eigenvalue weighted by atomic mass is 10.1. The van der Waals surface area contributed by atoms with Gasteiger partial charge in [0.05, 0.1) is 12.7 Å². The third-order valence-electron chi connectivity index (χ3n) is 2.87. The Morgan fingerprint density at radius 3 is 2.62 bits per heavy atom. The minimum atomic E-state index is 0.348. The normalized spacial score (nSPS) is 27.9. The second kappa shape index (κ2) is 4.94. The molecule has 0 aromatic carbocycles. The van der Waals surface area contributed by atoms with Crippen molar-refractivity contribution >= 4 is 0 Å². The summed E-state index contributed by atoms with van der Waals surface area (Å²) < 4.78 is 5.71. The van der Waals surface area contributed by atoms with Crippen LogP contribution in [0.1, 0.15) is 20.8 Å². The van der Waals surface area contributed by atoms with Crippen LogP contribution in [0, 0.1) is 0 Å². The van der Waals surface area contributed by atoms with E-state index in [2.05, 4.69) is 31.0 Å². The topological polar surface area (TPSA) is 24.5 Å². The van der Waals surface area contributed by atoms with Crippen LogP contribution in [0.2, 0.25) is 0 Å². The molecule has 13 heavy (non-hydrogen) atoms. The van der Waals surface area contributed by atoms with E-state index in [9.17, 15) is 0 Å². The Balaban J connectivity index is 2.41. The Morgan fingerprint density at radius 1 is 1.38 bits per heavy atom. The maximum Gasteiger partial charge on any atom is 0.0852 e. The molecule has 1 unspecified atom stereocenters. The Kier molecular flexibility index (Phi) is 4.16. The minimum Gasteiger partial charge on any atom is -0.374 e. The van der Waals surface area contributed by atoms with Crippen LogP contribution in [0.4, 0.5) is 0 Å². The number of rotatable bonds is 3. The van der Waals surface area contributed by atoms with Gasteiger partial charge in [-0.3, -0.25) is 4.90 Å². The molecule has 1 N–H and O–H groups in total. The highest BCUT2D eigenvalue weighted by Crippen LogP contribution is 2.11. The highest BCUT2D eigenvalue weighted by atomic mass is 16.5. The fraction of sp³-hybridized carbons (Fsp3) is 1.00. The van der Waals surface area contributed by atoms with Crippen molar-refractivity contribution in [3.63, 3.8) is 0 Å². The van der Waals surface area contributed by atoms with Crippen LogP contribution < -0.4 is 5.32 Å². The standard InChI is InChI=1S/C10H22N2O/c1-8(2)12-5-6-13-10(7-12)9(3)11-4/h8-11H,5-7H2,1-4H3/t9?,10-/m1/s1. The van der Waals surface area contributed by atoms with Crippen LogP contribution >= 0.6 is 0 Å². The van der Waals surface area contributed by atoms with E-state index in [0.29, 0.717) is 18.2 Å². The number of nitrogens with zero attached hydrogens (tertiary/aromatic N) is 1. The quantitative estimate of drug-likeness (QED) is 0.702. The average Bonchev–Trinajstić information content (AvgIpc) is 2.17. The lowest BCUT2D eigenvalue weighted by Gasteiger charge is -2.37. The number of likely N-dealkylation sites (N-methyl/N-ethyl adjacent to an activating group) is 1. The molecule has 1 rings (SSSR count). The number of hydrogen-bond acceptors (Lipinski definition) is 3. The second-order valence-electron chi connectivity index (χ2n) is 4.08. The second-order valence-corrected chi connectivity index (χ2v) is 4.08. The molecule has 2 atom stereocenters. The first kappa shape index (κ1) is 11.0. The summed E-state index contributed by atoms with van der Waals surface area (Å²) in [6, 6.07) is 1.08. The molecule has 1 aliphatic rings. The average molecular weight is 186 g/mol. The van der Waals surface area contributed by atoms with Crippen LogP contribution in [0.5, 0.6) is 0 Å². The van der Waals surface area contributed by atoms with E-state index >= 15 is 0 Å². The van der Waals surface area contributed by atoms with E-state index in [1.165, 1.54) is 0 Å². The number of hydrogen-bond donors (Lipinski definition) is 1. The summed E-state index contributed by atoms with van der Waals surface area (Å²) in [5, 5.41) is 3.24. The van der Waals surface area contributed by atoms with Gasteiger partial charge < -0.3 is 10.1 Å². The van der Waals surface area contributed by atoms with Gasteiger partial charge in [-0.1, -0.05) is 0 Å².